The predicted molar refractivity (Wildman–Crippen MR) is 135 cm³/mol. The lowest BCUT2D eigenvalue weighted by molar-refractivity contribution is -0.128. The molecule has 36 heavy (non-hydrogen) atoms. The van der Waals surface area contributed by atoms with E-state index in [0.717, 1.165) is 30.8 Å². The van der Waals surface area contributed by atoms with E-state index in [4.69, 9.17) is 11.6 Å². The number of benzene rings is 1. The molecule has 1 fully saturated rings. The molecule has 0 saturated carbocycles. The van der Waals surface area contributed by atoms with Gasteiger partial charge in [-0.25, -0.2) is 14.4 Å². The van der Waals surface area contributed by atoms with Gasteiger partial charge in [-0.05, 0) is 48.9 Å². The van der Waals surface area contributed by atoms with Crippen molar-refractivity contribution in [1.29, 1.82) is 0 Å². The van der Waals surface area contributed by atoms with Crippen LogP contribution < -0.4 is 15.5 Å². The van der Waals surface area contributed by atoms with Gasteiger partial charge in [0.1, 0.15) is 17.3 Å². The minimum absolute atomic E-state index is 0.0558. The largest absolute Gasteiger partial charge is 0.368 e. The van der Waals surface area contributed by atoms with Gasteiger partial charge in [-0.3, -0.25) is 14.4 Å². The fourth-order valence-electron chi connectivity index (χ4n) is 3.83. The minimum Gasteiger partial charge on any atom is -0.368 e. The summed E-state index contributed by atoms with van der Waals surface area (Å²) in [5, 5.41) is 5.58. The van der Waals surface area contributed by atoms with E-state index in [0.29, 0.717) is 24.7 Å². The van der Waals surface area contributed by atoms with Crippen LogP contribution in [0.3, 0.4) is 0 Å². The molecule has 1 aliphatic heterocycles. The number of hydrogen-bond donors (Lipinski definition) is 2. The van der Waals surface area contributed by atoms with Crippen LogP contribution in [0.1, 0.15) is 34.2 Å². The Kier molecular flexibility index (Phi) is 7.74. The van der Waals surface area contributed by atoms with Crippen LogP contribution in [-0.2, 0) is 4.79 Å². The van der Waals surface area contributed by atoms with Crippen molar-refractivity contribution < 1.29 is 18.8 Å². The van der Waals surface area contributed by atoms with Gasteiger partial charge in [0.25, 0.3) is 11.8 Å². The summed E-state index contributed by atoms with van der Waals surface area (Å²) in [7, 11) is 0. The molecule has 0 unspecified atom stereocenters. The monoisotopic (exact) mass is 510 g/mol. The van der Waals surface area contributed by atoms with E-state index in [1.54, 1.807) is 31.3 Å². The summed E-state index contributed by atoms with van der Waals surface area (Å²) in [5.74, 6) is -1.55. The van der Waals surface area contributed by atoms with Crippen molar-refractivity contribution >= 4 is 46.5 Å². The first-order chi connectivity index (χ1) is 17.3. The van der Waals surface area contributed by atoms with E-state index in [9.17, 15) is 18.8 Å². The van der Waals surface area contributed by atoms with E-state index in [1.165, 1.54) is 18.3 Å². The number of rotatable bonds is 5. The zero-order valence-electron chi connectivity index (χ0n) is 19.5. The van der Waals surface area contributed by atoms with Gasteiger partial charge in [0, 0.05) is 39.3 Å². The topological polar surface area (TPSA) is 108 Å². The molecule has 1 aliphatic rings. The molecule has 3 amide bonds. The minimum atomic E-state index is -0.649. The molecule has 2 N–H and O–H groups in total. The number of hydrogen-bond acceptors (Lipinski definition) is 6. The molecule has 3 aromatic rings. The SMILES string of the molecule is CC(=O)N1CCCN(c2ccc(C(=O)Nc3ccc(F)cc3C(=O)Nc3ccc(Cl)cn3)nc2)CC1. The molecule has 0 bridgehead atoms. The number of halogens is 2. The average molecular weight is 511 g/mol. The lowest BCUT2D eigenvalue weighted by atomic mass is 10.1. The zero-order valence-corrected chi connectivity index (χ0v) is 20.3. The fraction of sp³-hybridized carbons (Fsp3) is 0.240. The highest BCUT2D eigenvalue weighted by molar-refractivity contribution is 6.30. The summed E-state index contributed by atoms with van der Waals surface area (Å²) in [4.78, 5) is 49.4. The number of carbonyl (C=O) groups excluding carboxylic acids is 3. The Balaban J connectivity index is 1.45. The zero-order chi connectivity index (χ0) is 25.7. The van der Waals surface area contributed by atoms with Crippen molar-refractivity contribution in [2.24, 2.45) is 0 Å². The molecule has 0 spiro atoms. The van der Waals surface area contributed by atoms with Crippen LogP contribution in [0.4, 0.5) is 21.6 Å². The molecular weight excluding hydrogens is 487 g/mol. The summed E-state index contributed by atoms with van der Waals surface area (Å²) >= 11 is 5.81. The maximum Gasteiger partial charge on any atom is 0.274 e. The van der Waals surface area contributed by atoms with Crippen LogP contribution in [0.2, 0.25) is 5.02 Å². The van der Waals surface area contributed by atoms with Crippen LogP contribution in [0.15, 0.2) is 54.9 Å². The van der Waals surface area contributed by atoms with Gasteiger partial charge in [0.2, 0.25) is 5.91 Å². The van der Waals surface area contributed by atoms with Gasteiger partial charge < -0.3 is 20.4 Å². The van der Waals surface area contributed by atoms with Crippen molar-refractivity contribution in [2.45, 2.75) is 13.3 Å². The van der Waals surface area contributed by atoms with Crippen LogP contribution >= 0.6 is 11.6 Å². The fourth-order valence-corrected chi connectivity index (χ4v) is 3.94. The van der Waals surface area contributed by atoms with Crippen molar-refractivity contribution in [3.8, 4) is 0 Å². The Hall–Kier alpha value is -4.05. The predicted octanol–water partition coefficient (Wildman–Crippen LogP) is 3.83. The Morgan fingerprint density at radius 3 is 2.44 bits per heavy atom. The molecule has 9 nitrogen and oxygen atoms in total. The number of nitrogens with one attached hydrogen (secondary N) is 2. The number of nitrogens with zero attached hydrogens (tertiary/aromatic N) is 4. The summed E-state index contributed by atoms with van der Waals surface area (Å²) in [5.41, 5.74) is 1.02. The summed E-state index contributed by atoms with van der Waals surface area (Å²) < 4.78 is 13.9. The number of aromatic nitrogens is 2. The molecule has 4 rings (SSSR count). The van der Waals surface area contributed by atoms with Gasteiger partial charge in [-0.1, -0.05) is 11.6 Å². The first kappa shape index (κ1) is 25.1. The van der Waals surface area contributed by atoms with Gasteiger partial charge in [-0.2, -0.15) is 0 Å². The second-order valence-electron chi connectivity index (χ2n) is 8.21. The third-order valence-electron chi connectivity index (χ3n) is 5.73. The Morgan fingerprint density at radius 2 is 1.75 bits per heavy atom. The average Bonchev–Trinajstić information content (AvgIpc) is 3.13. The molecule has 11 heteroatoms. The highest BCUT2D eigenvalue weighted by Crippen LogP contribution is 2.21. The van der Waals surface area contributed by atoms with Gasteiger partial charge in [0.15, 0.2) is 0 Å². The van der Waals surface area contributed by atoms with Gasteiger partial charge in [0.05, 0.1) is 28.2 Å². The van der Waals surface area contributed by atoms with Crippen LogP contribution in [0.25, 0.3) is 0 Å². The summed E-state index contributed by atoms with van der Waals surface area (Å²) in [6, 6.07) is 9.91. The molecular formula is C25H24ClFN6O3. The first-order valence-corrected chi connectivity index (χ1v) is 11.7. The van der Waals surface area contributed by atoms with E-state index in [1.807, 2.05) is 4.90 Å². The van der Waals surface area contributed by atoms with E-state index in [-0.39, 0.29) is 28.7 Å². The highest BCUT2D eigenvalue weighted by Gasteiger charge is 2.19. The smallest absolute Gasteiger partial charge is 0.274 e. The molecule has 1 saturated heterocycles. The number of carbonyl (C=O) groups is 3. The lowest BCUT2D eigenvalue weighted by Gasteiger charge is -2.23. The maximum absolute atomic E-state index is 13.9. The molecule has 0 aliphatic carbocycles. The van der Waals surface area contributed by atoms with Crippen molar-refractivity contribution in [1.82, 2.24) is 14.9 Å². The normalized spacial score (nSPS) is 13.6. The van der Waals surface area contributed by atoms with Crippen molar-refractivity contribution in [3.63, 3.8) is 0 Å². The number of pyridine rings is 2. The van der Waals surface area contributed by atoms with E-state index >= 15 is 0 Å². The molecule has 2 aromatic heterocycles. The molecule has 0 atom stereocenters. The highest BCUT2D eigenvalue weighted by atomic mass is 35.5. The standard InChI is InChI=1S/C25H24ClFN6O3/c1-16(34)32-9-2-10-33(12-11-32)19-5-7-22(28-15-19)25(36)30-21-6-4-18(27)13-20(21)24(35)31-23-8-3-17(26)14-29-23/h3-8,13-15H,2,9-12H2,1H3,(H,30,36)(H,29,31,35). The second kappa shape index (κ2) is 11.1. The third kappa shape index (κ3) is 6.14. The number of anilines is 3. The summed E-state index contributed by atoms with van der Waals surface area (Å²) in [6.07, 6.45) is 3.80. The first-order valence-electron chi connectivity index (χ1n) is 11.3. The molecule has 0 radical (unpaired) electrons. The maximum atomic E-state index is 13.9. The van der Waals surface area contributed by atoms with Crippen molar-refractivity contribution in [3.05, 3.63) is 77.0 Å². The summed E-state index contributed by atoms with van der Waals surface area (Å²) in [6.45, 7) is 4.34. The molecule has 3 heterocycles. The quantitative estimate of drug-likeness (QED) is 0.540. The van der Waals surface area contributed by atoms with Crippen molar-refractivity contribution in [2.75, 3.05) is 41.7 Å². The van der Waals surface area contributed by atoms with Crippen LogP contribution in [-0.4, -0.2) is 58.8 Å². The molecule has 186 valence electrons. The van der Waals surface area contributed by atoms with Gasteiger partial charge in [-0.15, -0.1) is 0 Å². The van der Waals surface area contributed by atoms with E-state index < -0.39 is 17.6 Å². The van der Waals surface area contributed by atoms with Crippen LogP contribution in [0, 0.1) is 5.82 Å². The van der Waals surface area contributed by atoms with Gasteiger partial charge >= 0.3 is 0 Å². The Bertz CT molecular complexity index is 1270. The Morgan fingerprint density at radius 1 is 0.917 bits per heavy atom. The van der Waals surface area contributed by atoms with Crippen LogP contribution in [0.5, 0.6) is 0 Å². The second-order valence-corrected chi connectivity index (χ2v) is 8.64. The van der Waals surface area contributed by atoms with E-state index in [2.05, 4.69) is 25.5 Å². The lowest BCUT2D eigenvalue weighted by Crippen LogP contribution is -2.33. The molecule has 1 aromatic carbocycles. The Labute approximate surface area is 212 Å². The number of amides is 3. The third-order valence-corrected chi connectivity index (χ3v) is 5.95.